The molecule has 1 aliphatic heterocycles. The summed E-state index contributed by atoms with van der Waals surface area (Å²) in [6.45, 7) is 3.78. The van der Waals surface area contributed by atoms with E-state index in [4.69, 9.17) is 20.9 Å². The van der Waals surface area contributed by atoms with Crippen LogP contribution in [0, 0.1) is 5.92 Å². The van der Waals surface area contributed by atoms with Crippen molar-refractivity contribution in [2.24, 2.45) is 5.92 Å². The van der Waals surface area contributed by atoms with E-state index in [1.165, 1.54) is 0 Å². The molecule has 1 fully saturated rings. The summed E-state index contributed by atoms with van der Waals surface area (Å²) in [5.41, 5.74) is 1.33. The molecule has 1 saturated heterocycles. The topological polar surface area (TPSA) is 68.5 Å². The maximum absolute atomic E-state index is 12.5. The number of likely N-dealkylation sites (tertiary alicyclic amines) is 1. The Hall–Kier alpha value is -2.86. The minimum absolute atomic E-state index is 0.00317. The van der Waals surface area contributed by atoms with Crippen molar-refractivity contribution in [2.45, 2.75) is 19.8 Å². The van der Waals surface area contributed by atoms with E-state index >= 15 is 0 Å². The summed E-state index contributed by atoms with van der Waals surface area (Å²) in [6, 6.07) is 14.6. The number of carbonyl (C=O) groups excluding carboxylic acids is 1. The van der Waals surface area contributed by atoms with Gasteiger partial charge in [-0.25, -0.2) is 0 Å². The third-order valence-electron chi connectivity index (χ3n) is 5.15. The number of nitrogens with zero attached hydrogens (tertiary/aromatic N) is 3. The number of halogens is 1. The van der Waals surface area contributed by atoms with Crippen LogP contribution >= 0.6 is 11.6 Å². The van der Waals surface area contributed by atoms with Crippen LogP contribution in [-0.2, 0) is 4.79 Å². The molecular weight excluding hydrogens is 390 g/mol. The first-order valence-corrected chi connectivity index (χ1v) is 10.1. The second-order valence-electron chi connectivity index (χ2n) is 7.25. The van der Waals surface area contributed by atoms with Gasteiger partial charge in [0.1, 0.15) is 5.75 Å². The number of amides is 1. The maximum Gasteiger partial charge on any atom is 0.260 e. The third kappa shape index (κ3) is 4.43. The molecule has 0 radical (unpaired) electrons. The molecule has 29 heavy (non-hydrogen) atoms. The van der Waals surface area contributed by atoms with Gasteiger partial charge in [0.15, 0.2) is 6.61 Å². The summed E-state index contributed by atoms with van der Waals surface area (Å²) >= 11 is 6.22. The van der Waals surface area contributed by atoms with E-state index < -0.39 is 0 Å². The van der Waals surface area contributed by atoms with Gasteiger partial charge in [0, 0.05) is 13.1 Å². The molecule has 0 saturated carbocycles. The summed E-state index contributed by atoms with van der Waals surface area (Å²) in [5.74, 6) is 1.93. The quantitative estimate of drug-likeness (QED) is 0.609. The number of para-hydroxylation sites is 1. The minimum atomic E-state index is -0.0133. The SMILES string of the molecule is CC1CCN(C(=O)COc2ccccc2-c2noc(-c3ccccc3Cl)n2)CC1. The summed E-state index contributed by atoms with van der Waals surface area (Å²) in [6.07, 6.45) is 2.08. The lowest BCUT2D eigenvalue weighted by molar-refractivity contribution is -0.134. The number of piperidine rings is 1. The number of rotatable bonds is 5. The van der Waals surface area contributed by atoms with E-state index in [1.807, 2.05) is 41.3 Å². The molecule has 4 rings (SSSR count). The molecule has 1 amide bonds. The van der Waals surface area contributed by atoms with E-state index in [2.05, 4.69) is 17.1 Å². The predicted molar refractivity (Wildman–Crippen MR) is 111 cm³/mol. The predicted octanol–water partition coefficient (Wildman–Crippen LogP) is 4.69. The van der Waals surface area contributed by atoms with E-state index in [9.17, 15) is 4.79 Å². The molecule has 2 aromatic carbocycles. The zero-order valence-electron chi connectivity index (χ0n) is 16.2. The standard InChI is InChI=1S/C22H22ClN3O3/c1-15-10-12-26(13-11-15)20(27)14-28-19-9-5-3-7-17(19)21-24-22(29-25-21)16-6-2-4-8-18(16)23/h2-9,15H,10-14H2,1H3. The highest BCUT2D eigenvalue weighted by atomic mass is 35.5. The molecule has 6 nitrogen and oxygen atoms in total. The zero-order chi connectivity index (χ0) is 20.2. The van der Waals surface area contributed by atoms with Gasteiger partial charge in [0.25, 0.3) is 11.8 Å². The molecule has 150 valence electrons. The monoisotopic (exact) mass is 411 g/mol. The fraction of sp³-hybridized carbons (Fsp3) is 0.318. The van der Waals surface area contributed by atoms with Gasteiger partial charge < -0.3 is 14.2 Å². The largest absolute Gasteiger partial charge is 0.483 e. The van der Waals surface area contributed by atoms with E-state index in [1.54, 1.807) is 12.1 Å². The first kappa shape index (κ1) is 19.5. The van der Waals surface area contributed by atoms with E-state index in [0.29, 0.717) is 39.5 Å². The van der Waals surface area contributed by atoms with Crippen LogP contribution in [0.4, 0.5) is 0 Å². The van der Waals surface area contributed by atoms with Gasteiger partial charge in [-0.2, -0.15) is 4.98 Å². The number of carbonyl (C=O) groups is 1. The minimum Gasteiger partial charge on any atom is -0.483 e. The smallest absolute Gasteiger partial charge is 0.260 e. The second-order valence-corrected chi connectivity index (χ2v) is 7.66. The molecule has 0 aliphatic carbocycles. The number of hydrogen-bond acceptors (Lipinski definition) is 5. The fourth-order valence-electron chi connectivity index (χ4n) is 3.34. The highest BCUT2D eigenvalue weighted by Crippen LogP contribution is 2.31. The van der Waals surface area contributed by atoms with Crippen molar-refractivity contribution >= 4 is 17.5 Å². The zero-order valence-corrected chi connectivity index (χ0v) is 16.9. The molecule has 3 aromatic rings. The Balaban J connectivity index is 1.49. The van der Waals surface area contributed by atoms with Crippen molar-refractivity contribution in [1.82, 2.24) is 15.0 Å². The first-order chi connectivity index (χ1) is 14.1. The molecule has 0 unspecified atom stereocenters. The van der Waals surface area contributed by atoms with Crippen LogP contribution in [0.3, 0.4) is 0 Å². The first-order valence-electron chi connectivity index (χ1n) is 9.70. The van der Waals surface area contributed by atoms with E-state index in [0.717, 1.165) is 25.9 Å². The average molecular weight is 412 g/mol. The van der Waals surface area contributed by atoms with Gasteiger partial charge in [0.2, 0.25) is 5.82 Å². The third-order valence-corrected chi connectivity index (χ3v) is 5.48. The molecule has 1 aliphatic rings. The lowest BCUT2D eigenvalue weighted by Gasteiger charge is -2.30. The normalized spacial score (nSPS) is 14.8. The Labute approximate surface area is 174 Å². The summed E-state index contributed by atoms with van der Waals surface area (Å²) in [7, 11) is 0. The number of ether oxygens (including phenoxy) is 1. The lowest BCUT2D eigenvalue weighted by atomic mass is 9.99. The molecule has 0 bridgehead atoms. The van der Waals surface area contributed by atoms with Crippen molar-refractivity contribution in [1.29, 1.82) is 0 Å². The highest BCUT2D eigenvalue weighted by Gasteiger charge is 2.21. The van der Waals surface area contributed by atoms with Gasteiger partial charge in [-0.1, -0.05) is 47.9 Å². The fourth-order valence-corrected chi connectivity index (χ4v) is 3.56. The Morgan fingerprint density at radius 2 is 1.83 bits per heavy atom. The average Bonchev–Trinajstić information content (AvgIpc) is 3.23. The number of aromatic nitrogens is 2. The van der Waals surface area contributed by atoms with Crippen molar-refractivity contribution < 1.29 is 14.1 Å². The summed E-state index contributed by atoms with van der Waals surface area (Å²) < 4.78 is 11.2. The highest BCUT2D eigenvalue weighted by molar-refractivity contribution is 6.33. The lowest BCUT2D eigenvalue weighted by Crippen LogP contribution is -2.40. The maximum atomic E-state index is 12.5. The van der Waals surface area contributed by atoms with Crippen LogP contribution in [0.2, 0.25) is 5.02 Å². The van der Waals surface area contributed by atoms with Gasteiger partial charge in [-0.05, 0) is 43.0 Å². The molecule has 7 heteroatoms. The number of hydrogen-bond donors (Lipinski definition) is 0. The van der Waals surface area contributed by atoms with Gasteiger partial charge in [0.05, 0.1) is 16.1 Å². The van der Waals surface area contributed by atoms with Crippen molar-refractivity contribution in [2.75, 3.05) is 19.7 Å². The van der Waals surface area contributed by atoms with Crippen LogP contribution in [0.1, 0.15) is 19.8 Å². The molecule has 0 spiro atoms. The van der Waals surface area contributed by atoms with Crippen LogP contribution < -0.4 is 4.74 Å². The Kier molecular flexibility index (Phi) is 5.81. The van der Waals surface area contributed by atoms with Gasteiger partial charge in [-0.3, -0.25) is 4.79 Å². The van der Waals surface area contributed by atoms with Crippen molar-refractivity contribution in [3.05, 3.63) is 53.6 Å². The molecule has 0 atom stereocenters. The number of benzene rings is 2. The van der Waals surface area contributed by atoms with Crippen LogP contribution in [-0.4, -0.2) is 40.6 Å². The second kappa shape index (κ2) is 8.66. The van der Waals surface area contributed by atoms with Crippen LogP contribution in [0.25, 0.3) is 22.8 Å². The van der Waals surface area contributed by atoms with Crippen molar-refractivity contribution in [3.63, 3.8) is 0 Å². The van der Waals surface area contributed by atoms with Gasteiger partial charge >= 0.3 is 0 Å². The van der Waals surface area contributed by atoms with Crippen LogP contribution in [0.15, 0.2) is 53.1 Å². The van der Waals surface area contributed by atoms with Crippen molar-refractivity contribution in [3.8, 4) is 28.6 Å². The Bertz CT molecular complexity index is 996. The summed E-state index contributed by atoms with van der Waals surface area (Å²) in [4.78, 5) is 18.8. The van der Waals surface area contributed by atoms with Gasteiger partial charge in [-0.15, -0.1) is 0 Å². The molecule has 1 aromatic heterocycles. The van der Waals surface area contributed by atoms with E-state index in [-0.39, 0.29) is 12.5 Å². The Morgan fingerprint density at radius 1 is 1.14 bits per heavy atom. The molecule has 2 heterocycles. The molecule has 0 N–H and O–H groups in total. The molecular formula is C22H22ClN3O3. The Morgan fingerprint density at radius 3 is 2.59 bits per heavy atom. The van der Waals surface area contributed by atoms with Crippen LogP contribution in [0.5, 0.6) is 5.75 Å². The summed E-state index contributed by atoms with van der Waals surface area (Å²) in [5, 5.41) is 4.61.